The number of rotatable bonds is 2. The molecule has 0 aliphatic carbocycles. The average molecular weight is 268 g/mol. The Kier molecular flexibility index (Phi) is 2.64. The van der Waals surface area contributed by atoms with Crippen LogP contribution in [0.25, 0.3) is 22.4 Å². The predicted molar refractivity (Wildman–Crippen MR) is 77.3 cm³/mol. The molecule has 1 aromatic heterocycles. The molecule has 0 radical (unpaired) electrons. The van der Waals surface area contributed by atoms with Crippen LogP contribution in [-0.2, 0) is 0 Å². The Hall–Kier alpha value is -2.89. The number of H-pyrrole nitrogens is 1. The number of nitrogens with zero attached hydrogens (tertiary/aromatic N) is 2. The number of nitrogen functional groups attached to an aromatic ring is 1. The van der Waals surface area contributed by atoms with E-state index < -0.39 is 4.92 Å². The van der Waals surface area contributed by atoms with Crippen molar-refractivity contribution < 1.29 is 4.92 Å². The molecule has 6 nitrogen and oxygen atoms in total. The number of imidazole rings is 1. The number of aromatic nitrogens is 2. The average Bonchev–Trinajstić information content (AvgIpc) is 2.84. The number of anilines is 1. The molecule has 0 spiro atoms. The molecule has 0 bridgehead atoms. The van der Waals surface area contributed by atoms with Crippen molar-refractivity contribution >= 4 is 22.4 Å². The number of fused-ring (bicyclic) bond motifs is 1. The minimum absolute atomic E-state index is 0.111. The van der Waals surface area contributed by atoms with E-state index in [0.29, 0.717) is 11.4 Å². The summed E-state index contributed by atoms with van der Waals surface area (Å²) in [6.07, 6.45) is 0. The van der Waals surface area contributed by atoms with Gasteiger partial charge in [0.1, 0.15) is 11.5 Å². The van der Waals surface area contributed by atoms with Gasteiger partial charge < -0.3 is 10.7 Å². The molecule has 3 aromatic rings. The second kappa shape index (κ2) is 4.34. The number of benzene rings is 2. The summed E-state index contributed by atoms with van der Waals surface area (Å²) < 4.78 is 0. The molecular formula is C14H12N4O2. The number of nitrogens with one attached hydrogen (secondary N) is 1. The van der Waals surface area contributed by atoms with Gasteiger partial charge in [-0.3, -0.25) is 10.1 Å². The number of nitro groups is 1. The number of nitrogens with two attached hydrogens (primary N) is 1. The predicted octanol–water partition coefficient (Wildman–Crippen LogP) is 3.03. The molecule has 0 aliphatic rings. The van der Waals surface area contributed by atoms with E-state index in [2.05, 4.69) is 9.97 Å². The van der Waals surface area contributed by atoms with E-state index in [0.717, 1.165) is 16.6 Å². The van der Waals surface area contributed by atoms with Gasteiger partial charge in [0.05, 0.1) is 16.0 Å². The molecule has 0 atom stereocenters. The van der Waals surface area contributed by atoms with Gasteiger partial charge in [0.15, 0.2) is 0 Å². The largest absolute Gasteiger partial charge is 0.393 e. The highest BCUT2D eigenvalue weighted by molar-refractivity contribution is 5.83. The first-order chi connectivity index (χ1) is 9.56. The van der Waals surface area contributed by atoms with Gasteiger partial charge in [-0.1, -0.05) is 12.1 Å². The van der Waals surface area contributed by atoms with Gasteiger partial charge in [-0.15, -0.1) is 0 Å². The van der Waals surface area contributed by atoms with Crippen LogP contribution in [0, 0.1) is 17.0 Å². The summed E-state index contributed by atoms with van der Waals surface area (Å²) in [4.78, 5) is 18.1. The molecular weight excluding hydrogens is 256 g/mol. The van der Waals surface area contributed by atoms with Gasteiger partial charge in [-0.2, -0.15) is 0 Å². The third kappa shape index (κ3) is 1.87. The minimum atomic E-state index is -0.493. The Bertz CT molecular complexity index is 823. The first kappa shape index (κ1) is 12.2. The summed E-state index contributed by atoms with van der Waals surface area (Å²) in [5.74, 6) is 0.595. The lowest BCUT2D eigenvalue weighted by Crippen LogP contribution is -1.96. The van der Waals surface area contributed by atoms with Crippen LogP contribution >= 0.6 is 0 Å². The van der Waals surface area contributed by atoms with Gasteiger partial charge in [-0.05, 0) is 30.7 Å². The maximum atomic E-state index is 10.9. The lowest BCUT2D eigenvalue weighted by Gasteiger charge is -2.00. The standard InChI is InChI=1S/C14H12N4O2/c1-8-3-2-4-11-13(8)17-14(16-11)9-5-6-10(15)12(7-9)18(19)20/h2-7H,15H2,1H3,(H,16,17). The number of para-hydroxylation sites is 1. The highest BCUT2D eigenvalue weighted by Crippen LogP contribution is 2.29. The molecule has 20 heavy (non-hydrogen) atoms. The number of aryl methyl sites for hydroxylation is 1. The summed E-state index contributed by atoms with van der Waals surface area (Å²) in [7, 11) is 0. The zero-order chi connectivity index (χ0) is 14.3. The fourth-order valence-electron chi connectivity index (χ4n) is 2.16. The lowest BCUT2D eigenvalue weighted by atomic mass is 10.1. The van der Waals surface area contributed by atoms with E-state index in [9.17, 15) is 10.1 Å². The van der Waals surface area contributed by atoms with Crippen LogP contribution < -0.4 is 5.73 Å². The van der Waals surface area contributed by atoms with Crippen LogP contribution in [0.5, 0.6) is 0 Å². The van der Waals surface area contributed by atoms with Crippen molar-refractivity contribution in [2.45, 2.75) is 6.92 Å². The van der Waals surface area contributed by atoms with Crippen LogP contribution in [0.1, 0.15) is 5.56 Å². The van der Waals surface area contributed by atoms with E-state index in [4.69, 9.17) is 5.73 Å². The van der Waals surface area contributed by atoms with Gasteiger partial charge in [0.25, 0.3) is 5.69 Å². The molecule has 3 N–H and O–H groups in total. The van der Waals surface area contributed by atoms with Crippen molar-refractivity contribution in [1.82, 2.24) is 9.97 Å². The van der Waals surface area contributed by atoms with Crippen LogP contribution in [-0.4, -0.2) is 14.9 Å². The lowest BCUT2D eigenvalue weighted by molar-refractivity contribution is -0.383. The quantitative estimate of drug-likeness (QED) is 0.424. The maximum absolute atomic E-state index is 10.9. The highest BCUT2D eigenvalue weighted by atomic mass is 16.6. The Morgan fingerprint density at radius 3 is 2.80 bits per heavy atom. The summed E-state index contributed by atoms with van der Waals surface area (Å²) in [6, 6.07) is 10.5. The monoisotopic (exact) mass is 268 g/mol. The van der Waals surface area contributed by atoms with Gasteiger partial charge in [0.2, 0.25) is 0 Å². The van der Waals surface area contributed by atoms with E-state index in [-0.39, 0.29) is 11.4 Å². The molecule has 0 saturated heterocycles. The normalized spacial score (nSPS) is 10.8. The van der Waals surface area contributed by atoms with Crippen molar-refractivity contribution in [3.63, 3.8) is 0 Å². The molecule has 6 heteroatoms. The molecule has 0 amide bonds. The molecule has 0 fully saturated rings. The topological polar surface area (TPSA) is 97.8 Å². The molecule has 3 rings (SSSR count). The summed E-state index contributed by atoms with van der Waals surface area (Å²) in [5.41, 5.74) is 9.08. The first-order valence-corrected chi connectivity index (χ1v) is 6.06. The van der Waals surface area contributed by atoms with Crippen molar-refractivity contribution in [2.24, 2.45) is 0 Å². The SMILES string of the molecule is Cc1cccc2[nH]c(-c3ccc(N)c([N+](=O)[O-])c3)nc12. The second-order valence-corrected chi connectivity index (χ2v) is 4.59. The molecule has 0 saturated carbocycles. The Balaban J connectivity index is 2.18. The smallest absolute Gasteiger partial charge is 0.292 e. The molecule has 2 aromatic carbocycles. The zero-order valence-electron chi connectivity index (χ0n) is 10.8. The number of aromatic amines is 1. The first-order valence-electron chi connectivity index (χ1n) is 6.06. The zero-order valence-corrected chi connectivity index (χ0v) is 10.8. The van der Waals surface area contributed by atoms with E-state index >= 15 is 0 Å². The molecule has 1 heterocycles. The Morgan fingerprint density at radius 1 is 1.30 bits per heavy atom. The Morgan fingerprint density at radius 2 is 2.10 bits per heavy atom. The van der Waals surface area contributed by atoms with Crippen LogP contribution in [0.2, 0.25) is 0 Å². The fourth-order valence-corrected chi connectivity index (χ4v) is 2.16. The minimum Gasteiger partial charge on any atom is -0.393 e. The van der Waals surface area contributed by atoms with Crippen molar-refractivity contribution in [2.75, 3.05) is 5.73 Å². The third-order valence-corrected chi connectivity index (χ3v) is 3.22. The van der Waals surface area contributed by atoms with Crippen molar-refractivity contribution in [1.29, 1.82) is 0 Å². The highest BCUT2D eigenvalue weighted by Gasteiger charge is 2.14. The number of hydrogen-bond acceptors (Lipinski definition) is 4. The maximum Gasteiger partial charge on any atom is 0.292 e. The van der Waals surface area contributed by atoms with Gasteiger partial charge >= 0.3 is 0 Å². The number of nitro benzene ring substituents is 1. The van der Waals surface area contributed by atoms with Crippen LogP contribution in [0.3, 0.4) is 0 Å². The van der Waals surface area contributed by atoms with Crippen molar-refractivity contribution in [3.05, 3.63) is 52.1 Å². The fraction of sp³-hybridized carbons (Fsp3) is 0.0714. The molecule has 0 aliphatic heterocycles. The second-order valence-electron chi connectivity index (χ2n) is 4.59. The molecule has 100 valence electrons. The van der Waals surface area contributed by atoms with Gasteiger partial charge in [0, 0.05) is 11.6 Å². The van der Waals surface area contributed by atoms with E-state index in [1.165, 1.54) is 12.1 Å². The van der Waals surface area contributed by atoms with Crippen molar-refractivity contribution in [3.8, 4) is 11.4 Å². The third-order valence-electron chi connectivity index (χ3n) is 3.22. The van der Waals surface area contributed by atoms with Crippen LogP contribution in [0.4, 0.5) is 11.4 Å². The van der Waals surface area contributed by atoms with E-state index in [1.807, 2.05) is 25.1 Å². The molecule has 0 unspecified atom stereocenters. The number of hydrogen-bond donors (Lipinski definition) is 2. The summed E-state index contributed by atoms with van der Waals surface area (Å²) >= 11 is 0. The summed E-state index contributed by atoms with van der Waals surface area (Å²) in [5, 5.41) is 10.9. The van der Waals surface area contributed by atoms with E-state index in [1.54, 1.807) is 6.07 Å². The van der Waals surface area contributed by atoms with Crippen LogP contribution in [0.15, 0.2) is 36.4 Å². The Labute approximate surface area is 114 Å². The summed E-state index contributed by atoms with van der Waals surface area (Å²) in [6.45, 7) is 1.97. The van der Waals surface area contributed by atoms with Gasteiger partial charge in [-0.25, -0.2) is 4.98 Å².